The van der Waals surface area contributed by atoms with Gasteiger partial charge >= 0.3 is 5.97 Å². The first-order chi connectivity index (χ1) is 8.97. The Morgan fingerprint density at radius 1 is 1.26 bits per heavy atom. The van der Waals surface area contributed by atoms with E-state index >= 15 is 0 Å². The van der Waals surface area contributed by atoms with Crippen LogP contribution in [0.4, 0.5) is 0 Å². The zero-order valence-corrected chi connectivity index (χ0v) is 10.9. The minimum absolute atomic E-state index is 0.0583. The van der Waals surface area contributed by atoms with Crippen LogP contribution in [0.2, 0.25) is 0 Å². The van der Waals surface area contributed by atoms with Crippen LogP contribution >= 0.6 is 0 Å². The van der Waals surface area contributed by atoms with Crippen molar-refractivity contribution in [2.75, 3.05) is 6.61 Å². The topological polar surface area (TPSA) is 82.5 Å². The Balaban J connectivity index is 2.19. The predicted octanol–water partition coefficient (Wildman–Crippen LogP) is 1.62. The smallest absolute Gasteiger partial charge is 0.310 e. The van der Waals surface area contributed by atoms with Crippen molar-refractivity contribution >= 4 is 22.8 Å². The van der Waals surface area contributed by atoms with E-state index in [0.29, 0.717) is 0 Å². The molecule has 0 spiro atoms. The second kappa shape index (κ2) is 5.14. The molecule has 19 heavy (non-hydrogen) atoms. The largest absolute Gasteiger partial charge is 0.464 e. The highest BCUT2D eigenvalue weighted by Gasteiger charge is 2.13. The standard InChI is InChI=1S/C14H15NO4/c1-8-3-11-10(5-14(17)19-7-13(15)16)6-18-12(11)4-9(8)2/h3-4,6H,5,7H2,1-2H3,(H2,15,16). The second-order valence-corrected chi connectivity index (χ2v) is 4.50. The first kappa shape index (κ1) is 13.1. The molecule has 100 valence electrons. The van der Waals surface area contributed by atoms with Crippen molar-refractivity contribution in [1.29, 1.82) is 0 Å². The van der Waals surface area contributed by atoms with E-state index in [9.17, 15) is 9.59 Å². The number of benzene rings is 1. The summed E-state index contributed by atoms with van der Waals surface area (Å²) in [6.45, 7) is 3.60. The Kier molecular flexibility index (Phi) is 3.55. The fraction of sp³-hybridized carbons (Fsp3) is 0.286. The predicted molar refractivity (Wildman–Crippen MR) is 69.5 cm³/mol. The molecule has 5 heteroatoms. The number of hydrogen-bond acceptors (Lipinski definition) is 4. The van der Waals surface area contributed by atoms with Crippen molar-refractivity contribution in [1.82, 2.24) is 0 Å². The first-order valence-electron chi connectivity index (χ1n) is 5.88. The molecular formula is C14H15NO4. The third-order valence-corrected chi connectivity index (χ3v) is 2.98. The number of aryl methyl sites for hydroxylation is 2. The van der Waals surface area contributed by atoms with Crippen LogP contribution in [0.3, 0.4) is 0 Å². The van der Waals surface area contributed by atoms with E-state index < -0.39 is 18.5 Å². The van der Waals surface area contributed by atoms with E-state index in [1.807, 2.05) is 26.0 Å². The van der Waals surface area contributed by atoms with Crippen LogP contribution in [-0.4, -0.2) is 18.5 Å². The number of esters is 1. The highest BCUT2D eigenvalue weighted by molar-refractivity contribution is 5.87. The van der Waals surface area contributed by atoms with Crippen molar-refractivity contribution in [3.05, 3.63) is 35.1 Å². The van der Waals surface area contributed by atoms with Gasteiger partial charge in [0.05, 0.1) is 12.7 Å². The molecule has 2 N–H and O–H groups in total. The van der Waals surface area contributed by atoms with Gasteiger partial charge in [0.25, 0.3) is 5.91 Å². The zero-order chi connectivity index (χ0) is 14.0. The summed E-state index contributed by atoms with van der Waals surface area (Å²) in [5, 5.41) is 0.888. The van der Waals surface area contributed by atoms with Gasteiger partial charge in [-0.05, 0) is 37.1 Å². The third-order valence-electron chi connectivity index (χ3n) is 2.98. The average molecular weight is 261 g/mol. The molecule has 1 aromatic heterocycles. The number of ether oxygens (including phenoxy) is 1. The summed E-state index contributed by atoms with van der Waals surface area (Å²) < 4.78 is 10.1. The zero-order valence-electron chi connectivity index (χ0n) is 10.9. The highest BCUT2D eigenvalue weighted by Crippen LogP contribution is 2.25. The van der Waals surface area contributed by atoms with Crippen molar-refractivity contribution in [3.63, 3.8) is 0 Å². The number of primary amides is 1. The highest BCUT2D eigenvalue weighted by atomic mass is 16.5. The maximum atomic E-state index is 11.5. The summed E-state index contributed by atoms with van der Waals surface area (Å²) in [5.41, 5.74) is 8.64. The molecule has 5 nitrogen and oxygen atoms in total. The molecular weight excluding hydrogens is 246 g/mol. The number of rotatable bonds is 4. The van der Waals surface area contributed by atoms with Gasteiger partial charge in [-0.15, -0.1) is 0 Å². The summed E-state index contributed by atoms with van der Waals surface area (Å²) in [5.74, 6) is -1.17. The molecule has 0 fully saturated rings. The molecule has 0 saturated carbocycles. The molecule has 0 aliphatic carbocycles. The third kappa shape index (κ3) is 2.93. The van der Waals surface area contributed by atoms with Gasteiger partial charge in [-0.25, -0.2) is 0 Å². The molecule has 0 atom stereocenters. The Bertz CT molecular complexity index is 642. The SMILES string of the molecule is Cc1cc2occ(CC(=O)OCC(N)=O)c2cc1C. The Morgan fingerprint density at radius 3 is 2.63 bits per heavy atom. The second-order valence-electron chi connectivity index (χ2n) is 4.50. The van der Waals surface area contributed by atoms with E-state index in [1.165, 1.54) is 6.26 Å². The van der Waals surface area contributed by atoms with Gasteiger partial charge in [0, 0.05) is 10.9 Å². The number of nitrogens with two attached hydrogens (primary N) is 1. The lowest BCUT2D eigenvalue weighted by molar-refractivity contribution is -0.147. The molecule has 0 aliphatic rings. The van der Waals surface area contributed by atoms with Crippen LogP contribution < -0.4 is 5.73 Å². The van der Waals surface area contributed by atoms with E-state index in [2.05, 4.69) is 0 Å². The van der Waals surface area contributed by atoms with Crippen molar-refractivity contribution in [2.24, 2.45) is 5.73 Å². The maximum Gasteiger partial charge on any atom is 0.310 e. The molecule has 1 heterocycles. The lowest BCUT2D eigenvalue weighted by atomic mass is 10.0. The van der Waals surface area contributed by atoms with Crippen LogP contribution in [0, 0.1) is 13.8 Å². The van der Waals surface area contributed by atoms with Gasteiger partial charge in [-0.1, -0.05) is 0 Å². The lowest BCUT2D eigenvalue weighted by Gasteiger charge is -2.02. The Labute approximate surface area is 110 Å². The van der Waals surface area contributed by atoms with Gasteiger partial charge in [0.15, 0.2) is 6.61 Å². The Morgan fingerprint density at radius 2 is 1.95 bits per heavy atom. The number of carbonyl (C=O) groups excluding carboxylic acids is 2. The van der Waals surface area contributed by atoms with E-state index in [-0.39, 0.29) is 6.42 Å². The maximum absolute atomic E-state index is 11.5. The summed E-state index contributed by atoms with van der Waals surface area (Å²) in [6, 6.07) is 3.91. The van der Waals surface area contributed by atoms with Crippen LogP contribution in [0.25, 0.3) is 11.0 Å². The van der Waals surface area contributed by atoms with E-state index in [0.717, 1.165) is 27.7 Å². The number of carbonyl (C=O) groups is 2. The van der Waals surface area contributed by atoms with E-state index in [1.54, 1.807) is 0 Å². The molecule has 2 aromatic rings. The average Bonchev–Trinajstić information content (AvgIpc) is 2.70. The van der Waals surface area contributed by atoms with Gasteiger partial charge < -0.3 is 14.9 Å². The number of furan rings is 1. The van der Waals surface area contributed by atoms with Crippen LogP contribution in [-0.2, 0) is 20.7 Å². The van der Waals surface area contributed by atoms with Gasteiger partial charge in [-0.3, -0.25) is 9.59 Å². The lowest BCUT2D eigenvalue weighted by Crippen LogP contribution is -2.21. The Hall–Kier alpha value is -2.30. The minimum atomic E-state index is -0.670. The fourth-order valence-electron chi connectivity index (χ4n) is 1.83. The minimum Gasteiger partial charge on any atom is -0.464 e. The molecule has 2 rings (SSSR count). The summed E-state index contributed by atoms with van der Waals surface area (Å²) in [6.07, 6.45) is 1.60. The summed E-state index contributed by atoms with van der Waals surface area (Å²) in [7, 11) is 0. The van der Waals surface area contributed by atoms with Crippen molar-refractivity contribution < 1.29 is 18.7 Å². The molecule has 1 aromatic carbocycles. The normalized spacial score (nSPS) is 10.6. The molecule has 0 saturated heterocycles. The molecule has 0 unspecified atom stereocenters. The summed E-state index contributed by atoms with van der Waals surface area (Å²) in [4.78, 5) is 22.1. The summed E-state index contributed by atoms with van der Waals surface area (Å²) >= 11 is 0. The molecule has 0 aliphatic heterocycles. The molecule has 1 amide bonds. The van der Waals surface area contributed by atoms with Crippen LogP contribution in [0.1, 0.15) is 16.7 Å². The fourth-order valence-corrected chi connectivity index (χ4v) is 1.83. The molecule has 0 bridgehead atoms. The van der Waals surface area contributed by atoms with Gasteiger partial charge in [-0.2, -0.15) is 0 Å². The molecule has 0 radical (unpaired) electrons. The number of hydrogen-bond donors (Lipinski definition) is 1. The van der Waals surface area contributed by atoms with Crippen LogP contribution in [0.5, 0.6) is 0 Å². The van der Waals surface area contributed by atoms with Crippen molar-refractivity contribution in [2.45, 2.75) is 20.3 Å². The first-order valence-corrected chi connectivity index (χ1v) is 5.88. The van der Waals surface area contributed by atoms with E-state index in [4.69, 9.17) is 14.9 Å². The van der Waals surface area contributed by atoms with Gasteiger partial charge in [0.2, 0.25) is 0 Å². The monoisotopic (exact) mass is 261 g/mol. The quantitative estimate of drug-likeness (QED) is 0.848. The van der Waals surface area contributed by atoms with Crippen molar-refractivity contribution in [3.8, 4) is 0 Å². The van der Waals surface area contributed by atoms with Crippen LogP contribution in [0.15, 0.2) is 22.8 Å². The number of fused-ring (bicyclic) bond motifs is 1. The number of amides is 1. The van der Waals surface area contributed by atoms with Gasteiger partial charge in [0.1, 0.15) is 5.58 Å².